The van der Waals surface area contributed by atoms with Gasteiger partial charge in [0.1, 0.15) is 5.75 Å². The third-order valence-electron chi connectivity index (χ3n) is 4.56. The lowest BCUT2D eigenvalue weighted by atomic mass is 10.1. The second kappa shape index (κ2) is 12.2. The highest BCUT2D eigenvalue weighted by Crippen LogP contribution is 2.15. The molecule has 3 aromatic carbocycles. The fraction of sp³-hybridized carbons (Fsp3) is 0.120. The van der Waals surface area contributed by atoms with E-state index in [2.05, 4.69) is 28.1 Å². The Hall–Kier alpha value is -4.17. The number of carbonyl (C=O) groups is 3. The molecule has 9 heteroatoms. The smallest absolute Gasteiger partial charge is 0.329 e. The minimum atomic E-state index is -0.925. The molecule has 3 aromatic rings. The van der Waals surface area contributed by atoms with Crippen molar-refractivity contribution >= 4 is 46.9 Å². The van der Waals surface area contributed by atoms with Crippen molar-refractivity contribution in [1.82, 2.24) is 5.43 Å². The summed E-state index contributed by atoms with van der Waals surface area (Å²) >= 11 is 5.84. The van der Waals surface area contributed by atoms with Crippen molar-refractivity contribution in [3.63, 3.8) is 0 Å². The fourth-order valence-electron chi connectivity index (χ4n) is 2.79. The molecule has 0 aliphatic carbocycles. The Morgan fingerprint density at radius 3 is 2.32 bits per heavy atom. The van der Waals surface area contributed by atoms with Gasteiger partial charge in [0.25, 0.3) is 5.91 Å². The summed E-state index contributed by atoms with van der Waals surface area (Å²) in [6.45, 7) is 1.93. The van der Waals surface area contributed by atoms with E-state index in [4.69, 9.17) is 16.3 Å². The molecule has 8 nitrogen and oxygen atoms in total. The number of hydrazone groups is 1. The second-order valence-electron chi connectivity index (χ2n) is 7.12. The van der Waals surface area contributed by atoms with E-state index in [1.807, 2.05) is 24.3 Å². The van der Waals surface area contributed by atoms with Gasteiger partial charge >= 0.3 is 11.8 Å². The largest absolute Gasteiger partial charge is 0.484 e. The number of hydrogen-bond donors (Lipinski definition) is 3. The van der Waals surface area contributed by atoms with E-state index in [0.717, 1.165) is 6.42 Å². The molecule has 0 saturated heterocycles. The van der Waals surface area contributed by atoms with Crippen LogP contribution in [0.4, 0.5) is 11.4 Å². The molecule has 0 aliphatic rings. The number of carbonyl (C=O) groups excluding carboxylic acids is 3. The second-order valence-corrected chi connectivity index (χ2v) is 7.56. The van der Waals surface area contributed by atoms with Crippen LogP contribution < -0.4 is 20.8 Å². The highest BCUT2D eigenvalue weighted by atomic mass is 35.5. The van der Waals surface area contributed by atoms with Crippen LogP contribution in [-0.4, -0.2) is 30.5 Å². The molecule has 3 amide bonds. The average molecular weight is 479 g/mol. The van der Waals surface area contributed by atoms with Gasteiger partial charge in [-0.25, -0.2) is 5.43 Å². The molecule has 0 aromatic heterocycles. The van der Waals surface area contributed by atoms with Crippen molar-refractivity contribution in [2.45, 2.75) is 13.3 Å². The lowest BCUT2D eigenvalue weighted by Gasteiger charge is -2.08. The molecule has 0 atom stereocenters. The standard InChI is InChI=1S/C25H23ClN4O4/c1-2-17-6-10-20(11-7-17)28-23(31)16-34-22-12-8-18(9-13-22)15-27-30-25(33)24(32)29-21-5-3-4-19(26)14-21/h3-15H,2,16H2,1H3,(H,28,31)(H,29,32)(H,30,33)/b27-15-. The molecule has 0 spiro atoms. The predicted octanol–water partition coefficient (Wildman–Crippen LogP) is 4.01. The fourth-order valence-corrected chi connectivity index (χ4v) is 2.98. The van der Waals surface area contributed by atoms with Gasteiger partial charge in [0.05, 0.1) is 6.21 Å². The zero-order chi connectivity index (χ0) is 24.3. The number of nitrogens with one attached hydrogen (secondary N) is 3. The Bertz CT molecular complexity index is 1180. The van der Waals surface area contributed by atoms with Crippen LogP contribution >= 0.6 is 11.6 Å². The van der Waals surface area contributed by atoms with E-state index in [1.165, 1.54) is 17.8 Å². The van der Waals surface area contributed by atoms with Crippen LogP contribution in [0, 0.1) is 0 Å². The number of benzene rings is 3. The molecule has 174 valence electrons. The molecule has 0 unspecified atom stereocenters. The topological polar surface area (TPSA) is 109 Å². The van der Waals surface area contributed by atoms with Crippen molar-refractivity contribution in [3.05, 3.63) is 88.9 Å². The van der Waals surface area contributed by atoms with Crippen LogP contribution in [-0.2, 0) is 20.8 Å². The maximum Gasteiger partial charge on any atom is 0.329 e. The van der Waals surface area contributed by atoms with E-state index in [-0.39, 0.29) is 12.5 Å². The highest BCUT2D eigenvalue weighted by molar-refractivity contribution is 6.39. The van der Waals surface area contributed by atoms with Gasteiger partial charge in [-0.3, -0.25) is 14.4 Å². The van der Waals surface area contributed by atoms with E-state index < -0.39 is 11.8 Å². The number of aryl methyl sites for hydroxylation is 1. The van der Waals surface area contributed by atoms with Crippen molar-refractivity contribution in [2.75, 3.05) is 17.2 Å². The van der Waals surface area contributed by atoms with Crippen LogP contribution in [0.25, 0.3) is 0 Å². The van der Waals surface area contributed by atoms with Crippen molar-refractivity contribution < 1.29 is 19.1 Å². The van der Waals surface area contributed by atoms with Crippen LogP contribution in [0.15, 0.2) is 77.9 Å². The van der Waals surface area contributed by atoms with Crippen molar-refractivity contribution in [3.8, 4) is 5.75 Å². The first-order chi connectivity index (χ1) is 16.4. The molecular weight excluding hydrogens is 456 g/mol. The summed E-state index contributed by atoms with van der Waals surface area (Å²) in [7, 11) is 0. The van der Waals surface area contributed by atoms with Gasteiger partial charge in [-0.15, -0.1) is 0 Å². The minimum absolute atomic E-state index is 0.138. The monoisotopic (exact) mass is 478 g/mol. The predicted molar refractivity (Wildman–Crippen MR) is 132 cm³/mol. The highest BCUT2D eigenvalue weighted by Gasteiger charge is 2.12. The Labute approximate surface area is 202 Å². The quantitative estimate of drug-likeness (QED) is 0.258. The van der Waals surface area contributed by atoms with Gasteiger partial charge in [0.2, 0.25) is 0 Å². The Morgan fingerprint density at radius 2 is 1.65 bits per heavy atom. The number of halogens is 1. The molecule has 0 aliphatic heterocycles. The molecule has 0 radical (unpaired) electrons. The van der Waals surface area contributed by atoms with Crippen LogP contribution in [0.3, 0.4) is 0 Å². The lowest BCUT2D eigenvalue weighted by molar-refractivity contribution is -0.136. The number of rotatable bonds is 8. The van der Waals surface area contributed by atoms with E-state index in [0.29, 0.717) is 27.7 Å². The Balaban J connectivity index is 1.42. The molecule has 0 fully saturated rings. The van der Waals surface area contributed by atoms with Crippen LogP contribution in [0.1, 0.15) is 18.1 Å². The maximum atomic E-state index is 12.1. The molecular formula is C25H23ClN4O4. The number of amides is 3. The Morgan fingerprint density at radius 1 is 0.912 bits per heavy atom. The first-order valence-electron chi connectivity index (χ1n) is 10.4. The molecule has 0 heterocycles. The van der Waals surface area contributed by atoms with Crippen LogP contribution in [0.2, 0.25) is 5.02 Å². The van der Waals surface area contributed by atoms with Gasteiger partial charge in [-0.1, -0.05) is 36.7 Å². The first-order valence-corrected chi connectivity index (χ1v) is 10.8. The van der Waals surface area contributed by atoms with Gasteiger partial charge in [-0.2, -0.15) is 5.10 Å². The summed E-state index contributed by atoms with van der Waals surface area (Å²) < 4.78 is 5.49. The van der Waals surface area contributed by atoms with Crippen molar-refractivity contribution in [2.24, 2.45) is 5.10 Å². The SMILES string of the molecule is CCc1ccc(NC(=O)COc2ccc(/C=N\NC(=O)C(=O)Nc3cccc(Cl)c3)cc2)cc1. The summed E-state index contributed by atoms with van der Waals surface area (Å²) in [5.74, 6) is -1.57. The summed E-state index contributed by atoms with van der Waals surface area (Å²) in [6.07, 6.45) is 2.31. The lowest BCUT2D eigenvalue weighted by Crippen LogP contribution is -2.32. The molecule has 34 heavy (non-hydrogen) atoms. The summed E-state index contributed by atoms with van der Waals surface area (Å²) in [5.41, 5.74) is 5.11. The molecule has 3 N–H and O–H groups in total. The van der Waals surface area contributed by atoms with E-state index >= 15 is 0 Å². The van der Waals surface area contributed by atoms with E-state index in [9.17, 15) is 14.4 Å². The van der Waals surface area contributed by atoms with Gasteiger partial charge in [0.15, 0.2) is 6.61 Å². The average Bonchev–Trinajstić information content (AvgIpc) is 2.84. The zero-order valence-corrected chi connectivity index (χ0v) is 19.1. The summed E-state index contributed by atoms with van der Waals surface area (Å²) in [6, 6.07) is 20.8. The number of anilines is 2. The molecule has 0 bridgehead atoms. The van der Waals surface area contributed by atoms with Gasteiger partial charge in [-0.05, 0) is 72.1 Å². The third kappa shape index (κ3) is 7.75. The van der Waals surface area contributed by atoms with Gasteiger partial charge < -0.3 is 15.4 Å². The van der Waals surface area contributed by atoms with Gasteiger partial charge in [0, 0.05) is 16.4 Å². The summed E-state index contributed by atoms with van der Waals surface area (Å²) in [5, 5.41) is 9.40. The first kappa shape index (κ1) is 24.5. The normalized spacial score (nSPS) is 10.5. The number of nitrogens with zero attached hydrogens (tertiary/aromatic N) is 1. The van der Waals surface area contributed by atoms with Crippen molar-refractivity contribution in [1.29, 1.82) is 0 Å². The zero-order valence-electron chi connectivity index (χ0n) is 18.4. The number of ether oxygens (including phenoxy) is 1. The summed E-state index contributed by atoms with van der Waals surface area (Å²) in [4.78, 5) is 35.8. The van der Waals surface area contributed by atoms with E-state index in [1.54, 1.807) is 42.5 Å². The molecule has 0 saturated carbocycles. The van der Waals surface area contributed by atoms with Crippen LogP contribution in [0.5, 0.6) is 5.75 Å². The molecule has 3 rings (SSSR count). The minimum Gasteiger partial charge on any atom is -0.484 e. The number of hydrogen-bond acceptors (Lipinski definition) is 5. The third-order valence-corrected chi connectivity index (χ3v) is 4.80. The maximum absolute atomic E-state index is 12.1. The Kier molecular flexibility index (Phi) is 8.76.